The Hall–Kier alpha value is -2.90. The molecule has 0 saturated carbocycles. The van der Waals surface area contributed by atoms with E-state index in [0.717, 1.165) is 41.5 Å². The van der Waals surface area contributed by atoms with E-state index in [9.17, 15) is 13.6 Å². The third-order valence-electron chi connectivity index (χ3n) is 5.00. The Morgan fingerprint density at radius 1 is 0.967 bits per heavy atom. The number of nitrogens with zero attached hydrogens (tertiary/aromatic N) is 3. The Bertz CT molecular complexity index is 1020. The van der Waals surface area contributed by atoms with Gasteiger partial charge in [-0.3, -0.25) is 9.69 Å². The molecule has 0 spiro atoms. The molecule has 1 amide bonds. The van der Waals surface area contributed by atoms with Crippen LogP contribution in [-0.2, 0) is 11.3 Å². The largest absolute Gasteiger partial charge is 0.337 e. The minimum atomic E-state index is -0.292. The van der Waals surface area contributed by atoms with Gasteiger partial charge in [0, 0.05) is 49.7 Å². The first kappa shape index (κ1) is 20.4. The molecule has 0 N–H and O–H groups in total. The fraction of sp³-hybridized carbons (Fsp3) is 0.217. The number of amides is 1. The second-order valence-corrected chi connectivity index (χ2v) is 8.00. The first-order chi connectivity index (χ1) is 14.6. The van der Waals surface area contributed by atoms with E-state index in [-0.39, 0.29) is 17.5 Å². The number of halogens is 2. The second kappa shape index (κ2) is 9.28. The lowest BCUT2D eigenvalue weighted by Crippen LogP contribution is -2.47. The molecule has 30 heavy (non-hydrogen) atoms. The molecule has 1 aliphatic rings. The molecule has 0 atom stereocenters. The smallest absolute Gasteiger partial charge is 0.246 e. The zero-order valence-corrected chi connectivity index (χ0v) is 17.1. The number of thiazole rings is 1. The molecule has 7 heteroatoms. The van der Waals surface area contributed by atoms with E-state index in [4.69, 9.17) is 0 Å². The van der Waals surface area contributed by atoms with Crippen LogP contribution >= 0.6 is 11.3 Å². The Kier molecular flexibility index (Phi) is 6.30. The number of piperazine rings is 1. The van der Waals surface area contributed by atoms with Crippen LogP contribution in [0.3, 0.4) is 0 Å². The van der Waals surface area contributed by atoms with Crippen molar-refractivity contribution in [1.82, 2.24) is 14.8 Å². The first-order valence-electron chi connectivity index (χ1n) is 9.72. The van der Waals surface area contributed by atoms with Gasteiger partial charge in [-0.1, -0.05) is 12.1 Å². The van der Waals surface area contributed by atoms with Crippen LogP contribution in [0.5, 0.6) is 0 Å². The zero-order chi connectivity index (χ0) is 20.9. The van der Waals surface area contributed by atoms with Gasteiger partial charge >= 0.3 is 0 Å². The van der Waals surface area contributed by atoms with Crippen LogP contribution in [0.2, 0.25) is 0 Å². The molecule has 3 aromatic rings. The van der Waals surface area contributed by atoms with Crippen molar-refractivity contribution in [1.29, 1.82) is 0 Å². The lowest BCUT2D eigenvalue weighted by Gasteiger charge is -2.33. The minimum absolute atomic E-state index is 0.0359. The van der Waals surface area contributed by atoms with Crippen LogP contribution in [0.1, 0.15) is 11.3 Å². The number of benzene rings is 2. The molecular formula is C23H21F2N3OS. The van der Waals surface area contributed by atoms with Crippen molar-refractivity contribution in [3.8, 4) is 10.6 Å². The number of hydrogen-bond donors (Lipinski definition) is 0. The van der Waals surface area contributed by atoms with E-state index in [1.165, 1.54) is 30.3 Å². The zero-order valence-electron chi connectivity index (χ0n) is 16.3. The number of carbonyl (C=O) groups is 1. The van der Waals surface area contributed by atoms with E-state index in [2.05, 4.69) is 9.88 Å². The summed E-state index contributed by atoms with van der Waals surface area (Å²) in [6.45, 7) is 3.59. The summed E-state index contributed by atoms with van der Waals surface area (Å²) in [4.78, 5) is 21.2. The van der Waals surface area contributed by atoms with Gasteiger partial charge in [0.25, 0.3) is 0 Å². The van der Waals surface area contributed by atoms with Gasteiger partial charge in [0.05, 0.1) is 5.69 Å². The number of carbonyl (C=O) groups excluding carboxylic acids is 1. The molecule has 1 fully saturated rings. The highest BCUT2D eigenvalue weighted by molar-refractivity contribution is 7.13. The van der Waals surface area contributed by atoms with Gasteiger partial charge in [0.2, 0.25) is 5.91 Å². The van der Waals surface area contributed by atoms with E-state index >= 15 is 0 Å². The second-order valence-electron chi connectivity index (χ2n) is 7.14. The highest BCUT2D eigenvalue weighted by atomic mass is 32.1. The molecule has 4 rings (SSSR count). The highest BCUT2D eigenvalue weighted by Gasteiger charge is 2.20. The summed E-state index contributed by atoms with van der Waals surface area (Å²) in [5.74, 6) is -0.582. The molecule has 1 aliphatic heterocycles. The van der Waals surface area contributed by atoms with Crippen molar-refractivity contribution in [3.05, 3.63) is 82.9 Å². The molecule has 4 nitrogen and oxygen atoms in total. The van der Waals surface area contributed by atoms with Gasteiger partial charge in [-0.05, 0) is 48.0 Å². The summed E-state index contributed by atoms with van der Waals surface area (Å²) >= 11 is 1.55. The van der Waals surface area contributed by atoms with E-state index in [1.807, 2.05) is 10.3 Å². The van der Waals surface area contributed by atoms with Crippen LogP contribution in [0, 0.1) is 11.6 Å². The van der Waals surface area contributed by atoms with Gasteiger partial charge in [-0.25, -0.2) is 13.8 Å². The quantitative estimate of drug-likeness (QED) is 0.567. The fourth-order valence-corrected chi connectivity index (χ4v) is 4.12. The molecule has 0 aliphatic carbocycles. The lowest BCUT2D eigenvalue weighted by atomic mass is 10.2. The summed E-state index contributed by atoms with van der Waals surface area (Å²) in [7, 11) is 0. The SMILES string of the molecule is O=C(C=Cc1ccc(F)cc1)N1CCN(Cc2csc(-c3ccc(F)cc3)n2)CC1. The standard InChI is InChI=1S/C23H21F2N3OS/c24-19-6-1-17(2-7-19)3-10-22(29)28-13-11-27(12-14-28)15-21-16-30-23(26-21)18-4-8-20(25)9-5-18/h1-10,16H,11-15H2. The van der Waals surface area contributed by atoms with Crippen LogP contribution in [0.25, 0.3) is 16.6 Å². The van der Waals surface area contributed by atoms with E-state index < -0.39 is 0 Å². The van der Waals surface area contributed by atoms with Crippen LogP contribution < -0.4 is 0 Å². The van der Waals surface area contributed by atoms with Crippen LogP contribution in [0.15, 0.2) is 60.0 Å². The molecule has 0 unspecified atom stereocenters. The Balaban J connectivity index is 1.28. The first-order valence-corrected chi connectivity index (χ1v) is 10.6. The maximum Gasteiger partial charge on any atom is 0.246 e. The van der Waals surface area contributed by atoms with E-state index in [1.54, 1.807) is 41.7 Å². The number of aromatic nitrogens is 1. The van der Waals surface area contributed by atoms with Crippen molar-refractivity contribution < 1.29 is 13.6 Å². The van der Waals surface area contributed by atoms with Crippen molar-refractivity contribution in [2.45, 2.75) is 6.54 Å². The molecule has 0 bridgehead atoms. The summed E-state index contributed by atoms with van der Waals surface area (Å²) < 4.78 is 26.0. The molecule has 2 heterocycles. The van der Waals surface area contributed by atoms with Gasteiger partial charge in [0.15, 0.2) is 0 Å². The molecule has 2 aromatic carbocycles. The Morgan fingerprint density at radius 3 is 2.27 bits per heavy atom. The van der Waals surface area contributed by atoms with Crippen molar-refractivity contribution in [3.63, 3.8) is 0 Å². The lowest BCUT2D eigenvalue weighted by molar-refractivity contribution is -0.127. The van der Waals surface area contributed by atoms with Gasteiger partial charge < -0.3 is 4.90 Å². The maximum absolute atomic E-state index is 13.1. The molecule has 1 aromatic heterocycles. The third kappa shape index (κ3) is 5.17. The average molecular weight is 426 g/mol. The van der Waals surface area contributed by atoms with E-state index in [0.29, 0.717) is 13.1 Å². The minimum Gasteiger partial charge on any atom is -0.337 e. The summed E-state index contributed by atoms with van der Waals surface area (Å²) in [6, 6.07) is 12.4. The predicted molar refractivity (Wildman–Crippen MR) is 115 cm³/mol. The number of rotatable bonds is 5. The van der Waals surface area contributed by atoms with Crippen molar-refractivity contribution >= 4 is 23.3 Å². The van der Waals surface area contributed by atoms with Crippen LogP contribution in [-0.4, -0.2) is 46.9 Å². The Morgan fingerprint density at radius 2 is 1.60 bits per heavy atom. The average Bonchev–Trinajstić information content (AvgIpc) is 3.22. The molecule has 154 valence electrons. The molecular weight excluding hydrogens is 404 g/mol. The van der Waals surface area contributed by atoms with Gasteiger partial charge in [-0.2, -0.15) is 0 Å². The highest BCUT2D eigenvalue weighted by Crippen LogP contribution is 2.24. The molecule has 0 radical (unpaired) electrons. The molecule has 1 saturated heterocycles. The van der Waals surface area contributed by atoms with Gasteiger partial charge in [0.1, 0.15) is 16.6 Å². The monoisotopic (exact) mass is 425 g/mol. The third-order valence-corrected chi connectivity index (χ3v) is 5.94. The predicted octanol–water partition coefficient (Wildman–Crippen LogP) is 4.45. The summed E-state index contributed by atoms with van der Waals surface area (Å²) in [5.41, 5.74) is 2.69. The summed E-state index contributed by atoms with van der Waals surface area (Å²) in [5, 5.41) is 2.91. The van der Waals surface area contributed by atoms with Crippen molar-refractivity contribution in [2.75, 3.05) is 26.2 Å². The topological polar surface area (TPSA) is 36.4 Å². The van der Waals surface area contributed by atoms with Crippen molar-refractivity contribution in [2.24, 2.45) is 0 Å². The number of hydrogen-bond acceptors (Lipinski definition) is 4. The summed E-state index contributed by atoms with van der Waals surface area (Å²) in [6.07, 6.45) is 3.25. The van der Waals surface area contributed by atoms with Gasteiger partial charge in [-0.15, -0.1) is 11.3 Å². The maximum atomic E-state index is 13.1. The fourth-order valence-electron chi connectivity index (χ4n) is 3.31. The van der Waals surface area contributed by atoms with Crippen LogP contribution in [0.4, 0.5) is 8.78 Å². The Labute approximate surface area is 178 Å². The normalized spacial score (nSPS) is 15.1.